The van der Waals surface area contributed by atoms with Gasteiger partial charge in [0.15, 0.2) is 0 Å². The number of nitrogens with one attached hydrogen (secondary N) is 1. The highest BCUT2D eigenvalue weighted by molar-refractivity contribution is 5.56. The molecular weight excluding hydrogens is 164 g/mol. The highest BCUT2D eigenvalue weighted by atomic mass is 16.3. The Kier molecular flexibility index (Phi) is 2.47. The number of aliphatic hydroxyl groups excluding tert-OH is 1. The molecule has 0 saturated carbocycles. The molecule has 3 nitrogen and oxygen atoms in total. The summed E-state index contributed by atoms with van der Waals surface area (Å²) in [6.45, 7) is 1.80. The molecule has 70 valence electrons. The van der Waals surface area contributed by atoms with Crippen molar-refractivity contribution in [3.05, 3.63) is 29.8 Å². The van der Waals surface area contributed by atoms with Gasteiger partial charge < -0.3 is 10.1 Å². The highest BCUT2D eigenvalue weighted by Crippen LogP contribution is 2.25. The van der Waals surface area contributed by atoms with E-state index in [1.54, 1.807) is 0 Å². The van der Waals surface area contributed by atoms with E-state index in [9.17, 15) is 0 Å². The molecule has 0 spiro atoms. The number of hydrogen-bond acceptors (Lipinski definition) is 3. The third kappa shape index (κ3) is 1.66. The quantitative estimate of drug-likeness (QED) is 0.709. The molecule has 0 unspecified atom stereocenters. The molecule has 13 heavy (non-hydrogen) atoms. The van der Waals surface area contributed by atoms with E-state index in [4.69, 9.17) is 5.11 Å². The van der Waals surface area contributed by atoms with Crippen molar-refractivity contribution in [3.63, 3.8) is 0 Å². The van der Waals surface area contributed by atoms with Crippen molar-refractivity contribution in [1.82, 2.24) is 5.43 Å². The van der Waals surface area contributed by atoms with Gasteiger partial charge in [-0.25, -0.2) is 5.43 Å². The van der Waals surface area contributed by atoms with Gasteiger partial charge in [-0.15, -0.1) is 0 Å². The fourth-order valence-electron chi connectivity index (χ4n) is 1.69. The second-order valence-corrected chi connectivity index (χ2v) is 3.16. The Morgan fingerprint density at radius 1 is 1.38 bits per heavy atom. The molecule has 1 aliphatic rings. The maximum Gasteiger partial charge on any atom is 0.0574 e. The lowest BCUT2D eigenvalue weighted by Crippen LogP contribution is -2.38. The molecule has 3 heteroatoms. The Balaban J connectivity index is 2.09. The summed E-state index contributed by atoms with van der Waals surface area (Å²) in [4.78, 5) is 0. The van der Waals surface area contributed by atoms with E-state index in [-0.39, 0.29) is 6.61 Å². The van der Waals surface area contributed by atoms with Crippen LogP contribution in [0.1, 0.15) is 5.56 Å². The van der Waals surface area contributed by atoms with E-state index < -0.39 is 0 Å². The maximum atomic E-state index is 8.69. The molecule has 0 aromatic heterocycles. The number of rotatable bonds is 3. The zero-order chi connectivity index (χ0) is 9.10. The Labute approximate surface area is 78.0 Å². The minimum absolute atomic E-state index is 0.179. The minimum atomic E-state index is 0.179. The summed E-state index contributed by atoms with van der Waals surface area (Å²) in [7, 11) is 0. The standard InChI is InChI=1S/C10H14N2O/c13-8-6-11-12-7-5-9-3-1-2-4-10(9)12/h1-4,11,13H,5-8H2. The van der Waals surface area contributed by atoms with Gasteiger partial charge in [-0.05, 0) is 18.1 Å². The zero-order valence-electron chi connectivity index (χ0n) is 7.53. The molecule has 1 aromatic carbocycles. The number of hydrogen-bond donors (Lipinski definition) is 2. The van der Waals surface area contributed by atoms with E-state index in [1.165, 1.54) is 11.3 Å². The van der Waals surface area contributed by atoms with Crippen LogP contribution in [0.3, 0.4) is 0 Å². The minimum Gasteiger partial charge on any atom is -0.395 e. The maximum absolute atomic E-state index is 8.69. The average molecular weight is 178 g/mol. The molecule has 0 bridgehead atoms. The number of para-hydroxylation sites is 1. The largest absolute Gasteiger partial charge is 0.395 e. The molecule has 0 aliphatic carbocycles. The number of benzene rings is 1. The normalized spacial score (nSPS) is 14.7. The third-order valence-corrected chi connectivity index (χ3v) is 2.30. The average Bonchev–Trinajstić information content (AvgIpc) is 2.58. The summed E-state index contributed by atoms with van der Waals surface area (Å²) >= 11 is 0. The Hall–Kier alpha value is -1.06. The summed E-state index contributed by atoms with van der Waals surface area (Å²) < 4.78 is 0. The van der Waals surface area contributed by atoms with Crippen LogP contribution in [0.25, 0.3) is 0 Å². The van der Waals surface area contributed by atoms with Crippen LogP contribution in [0.5, 0.6) is 0 Å². The van der Waals surface area contributed by atoms with E-state index >= 15 is 0 Å². The van der Waals surface area contributed by atoms with Crippen LogP contribution in [-0.4, -0.2) is 24.8 Å². The summed E-state index contributed by atoms with van der Waals surface area (Å²) in [5.74, 6) is 0. The fourth-order valence-corrected chi connectivity index (χ4v) is 1.69. The number of aliphatic hydroxyl groups is 1. The Bertz CT molecular complexity index is 288. The van der Waals surface area contributed by atoms with Gasteiger partial charge in [0.25, 0.3) is 0 Å². The second kappa shape index (κ2) is 3.77. The molecule has 1 heterocycles. The van der Waals surface area contributed by atoms with Gasteiger partial charge in [-0.3, -0.25) is 0 Å². The van der Waals surface area contributed by atoms with Gasteiger partial charge in [0.2, 0.25) is 0 Å². The molecule has 2 N–H and O–H groups in total. The number of fused-ring (bicyclic) bond motifs is 1. The molecule has 1 aliphatic heterocycles. The smallest absolute Gasteiger partial charge is 0.0574 e. The molecule has 1 aromatic rings. The van der Waals surface area contributed by atoms with Crippen molar-refractivity contribution in [1.29, 1.82) is 0 Å². The van der Waals surface area contributed by atoms with E-state index in [0.717, 1.165) is 13.0 Å². The monoisotopic (exact) mass is 178 g/mol. The zero-order valence-corrected chi connectivity index (χ0v) is 7.53. The predicted molar refractivity (Wildman–Crippen MR) is 52.6 cm³/mol. The SMILES string of the molecule is OCCNN1CCc2ccccc21. The molecule has 0 radical (unpaired) electrons. The van der Waals surface area contributed by atoms with Crippen LogP contribution in [-0.2, 0) is 6.42 Å². The summed E-state index contributed by atoms with van der Waals surface area (Å²) in [6, 6.07) is 8.36. The van der Waals surface area contributed by atoms with Gasteiger partial charge in [0, 0.05) is 13.1 Å². The number of hydrazine groups is 1. The highest BCUT2D eigenvalue weighted by Gasteiger charge is 2.16. The first kappa shape index (κ1) is 8.53. The van der Waals surface area contributed by atoms with Crippen LogP contribution in [0.2, 0.25) is 0 Å². The lowest BCUT2D eigenvalue weighted by atomic mass is 10.2. The van der Waals surface area contributed by atoms with Gasteiger partial charge in [-0.2, -0.15) is 0 Å². The molecular formula is C10H14N2O. The molecule has 0 fully saturated rings. The summed E-state index contributed by atoms with van der Waals surface area (Å²) in [5.41, 5.74) is 5.80. The van der Waals surface area contributed by atoms with Gasteiger partial charge in [0.1, 0.15) is 0 Å². The van der Waals surface area contributed by atoms with Crippen molar-refractivity contribution in [2.45, 2.75) is 6.42 Å². The lowest BCUT2D eigenvalue weighted by molar-refractivity contribution is 0.291. The summed E-state index contributed by atoms with van der Waals surface area (Å²) in [6.07, 6.45) is 1.09. The van der Waals surface area contributed by atoms with E-state index in [1.807, 2.05) is 6.07 Å². The van der Waals surface area contributed by atoms with Crippen LogP contribution in [0.4, 0.5) is 5.69 Å². The van der Waals surface area contributed by atoms with Crippen molar-refractivity contribution in [2.75, 3.05) is 24.7 Å². The van der Waals surface area contributed by atoms with Gasteiger partial charge in [0.05, 0.1) is 12.3 Å². The van der Waals surface area contributed by atoms with Crippen molar-refractivity contribution < 1.29 is 5.11 Å². The summed E-state index contributed by atoms with van der Waals surface area (Å²) in [5, 5.41) is 10.8. The van der Waals surface area contributed by atoms with Crippen LogP contribution >= 0.6 is 0 Å². The Morgan fingerprint density at radius 2 is 2.23 bits per heavy atom. The molecule has 2 rings (SSSR count). The third-order valence-electron chi connectivity index (χ3n) is 2.30. The lowest BCUT2D eigenvalue weighted by Gasteiger charge is -2.19. The topological polar surface area (TPSA) is 35.5 Å². The molecule has 0 atom stereocenters. The molecule has 0 saturated heterocycles. The van der Waals surface area contributed by atoms with E-state index in [2.05, 4.69) is 28.6 Å². The molecule has 0 amide bonds. The van der Waals surface area contributed by atoms with E-state index in [0.29, 0.717) is 6.54 Å². The first-order valence-electron chi connectivity index (χ1n) is 4.61. The van der Waals surface area contributed by atoms with Crippen molar-refractivity contribution in [2.24, 2.45) is 0 Å². The number of anilines is 1. The first-order valence-corrected chi connectivity index (χ1v) is 4.61. The predicted octanol–water partition coefficient (Wildman–Crippen LogP) is 0.546. The second-order valence-electron chi connectivity index (χ2n) is 3.16. The van der Waals surface area contributed by atoms with Crippen molar-refractivity contribution in [3.8, 4) is 0 Å². The van der Waals surface area contributed by atoms with Gasteiger partial charge in [-0.1, -0.05) is 18.2 Å². The van der Waals surface area contributed by atoms with Crippen molar-refractivity contribution >= 4 is 5.69 Å². The van der Waals surface area contributed by atoms with Gasteiger partial charge >= 0.3 is 0 Å². The Morgan fingerprint density at radius 3 is 3.08 bits per heavy atom. The first-order chi connectivity index (χ1) is 6.42. The fraction of sp³-hybridized carbons (Fsp3) is 0.400. The van der Waals surface area contributed by atoms with Crippen LogP contribution in [0, 0.1) is 0 Å². The van der Waals surface area contributed by atoms with Crippen LogP contribution < -0.4 is 10.4 Å². The number of nitrogens with zero attached hydrogens (tertiary/aromatic N) is 1. The van der Waals surface area contributed by atoms with Crippen LogP contribution in [0.15, 0.2) is 24.3 Å².